The van der Waals surface area contributed by atoms with Crippen LogP contribution in [0.1, 0.15) is 21.5 Å². The third-order valence-electron chi connectivity index (χ3n) is 2.77. The van der Waals surface area contributed by atoms with Gasteiger partial charge in [0.1, 0.15) is 0 Å². The van der Waals surface area contributed by atoms with Gasteiger partial charge in [-0.05, 0) is 35.4 Å². The second-order valence-electron chi connectivity index (χ2n) is 4.14. The maximum Gasteiger partial charge on any atom is 0.335 e. The highest BCUT2D eigenvalue weighted by molar-refractivity contribution is 7.98. The van der Waals surface area contributed by atoms with Crippen LogP contribution in [0.3, 0.4) is 0 Å². The molecule has 0 saturated heterocycles. The van der Waals surface area contributed by atoms with Crippen molar-refractivity contribution >= 4 is 17.7 Å². The molecule has 0 atom stereocenters. The van der Waals surface area contributed by atoms with E-state index in [0.29, 0.717) is 12.1 Å². The van der Waals surface area contributed by atoms with Gasteiger partial charge in [0.2, 0.25) is 0 Å². The summed E-state index contributed by atoms with van der Waals surface area (Å²) in [7, 11) is 0. The number of carbonyl (C=O) groups is 1. The van der Waals surface area contributed by atoms with Crippen LogP contribution in [0.5, 0.6) is 0 Å². The van der Waals surface area contributed by atoms with E-state index in [2.05, 4.69) is 12.1 Å². The second-order valence-corrected chi connectivity index (χ2v) is 5.19. The zero-order valence-corrected chi connectivity index (χ0v) is 11.2. The van der Waals surface area contributed by atoms with Gasteiger partial charge in [-0.15, -0.1) is 11.8 Å². The lowest BCUT2D eigenvalue weighted by Crippen LogP contribution is -1.95. The fraction of sp³-hybridized carbons (Fsp3) is 0.133. The average Bonchev–Trinajstić information content (AvgIpc) is 2.46. The van der Waals surface area contributed by atoms with E-state index in [1.807, 2.05) is 24.3 Å². The molecular weight excluding hydrogens is 258 g/mol. The molecule has 2 rings (SSSR count). The van der Waals surface area contributed by atoms with E-state index in [4.69, 9.17) is 10.8 Å². The zero-order valence-electron chi connectivity index (χ0n) is 10.4. The normalized spacial score (nSPS) is 10.4. The van der Waals surface area contributed by atoms with Crippen molar-refractivity contribution in [2.75, 3.05) is 0 Å². The van der Waals surface area contributed by atoms with Gasteiger partial charge in [-0.3, -0.25) is 0 Å². The fourth-order valence-corrected chi connectivity index (χ4v) is 2.49. The summed E-state index contributed by atoms with van der Waals surface area (Å²) in [5, 5.41) is 8.82. The van der Waals surface area contributed by atoms with Gasteiger partial charge < -0.3 is 10.8 Å². The molecule has 3 N–H and O–H groups in total. The average molecular weight is 273 g/mol. The van der Waals surface area contributed by atoms with Crippen LogP contribution in [-0.2, 0) is 12.3 Å². The SMILES string of the molecule is NCc1ccc(SCc2ccc(C(=O)O)cc2)cc1. The van der Waals surface area contributed by atoms with E-state index in [1.54, 1.807) is 23.9 Å². The molecule has 0 fully saturated rings. The Morgan fingerprint density at radius 2 is 1.58 bits per heavy atom. The number of carboxylic acid groups (broad SMARTS) is 1. The number of thioether (sulfide) groups is 1. The Bertz CT molecular complexity index is 549. The molecule has 0 aliphatic carbocycles. The molecule has 4 heteroatoms. The maximum absolute atomic E-state index is 10.7. The molecule has 98 valence electrons. The molecule has 0 unspecified atom stereocenters. The first kappa shape index (κ1) is 13.6. The number of aromatic carboxylic acids is 1. The lowest BCUT2D eigenvalue weighted by atomic mass is 10.1. The van der Waals surface area contributed by atoms with Crippen molar-refractivity contribution in [3.8, 4) is 0 Å². The van der Waals surface area contributed by atoms with Gasteiger partial charge in [0, 0.05) is 17.2 Å². The maximum atomic E-state index is 10.7. The summed E-state index contributed by atoms with van der Waals surface area (Å²) in [4.78, 5) is 11.9. The molecule has 3 nitrogen and oxygen atoms in total. The molecule has 0 aromatic heterocycles. The van der Waals surface area contributed by atoms with Gasteiger partial charge in [0.05, 0.1) is 5.56 Å². The Hall–Kier alpha value is -1.78. The van der Waals surface area contributed by atoms with Gasteiger partial charge in [0.15, 0.2) is 0 Å². The summed E-state index contributed by atoms with van der Waals surface area (Å²) in [6.45, 7) is 0.557. The Morgan fingerprint density at radius 3 is 2.11 bits per heavy atom. The molecule has 0 amide bonds. The number of rotatable bonds is 5. The Morgan fingerprint density at radius 1 is 1.00 bits per heavy atom. The van der Waals surface area contributed by atoms with Crippen LogP contribution in [0, 0.1) is 0 Å². The predicted molar refractivity (Wildman–Crippen MR) is 77.3 cm³/mol. The quantitative estimate of drug-likeness (QED) is 0.821. The van der Waals surface area contributed by atoms with Crippen molar-refractivity contribution < 1.29 is 9.90 Å². The van der Waals surface area contributed by atoms with Crippen LogP contribution in [0.15, 0.2) is 53.4 Å². The summed E-state index contributed by atoms with van der Waals surface area (Å²) in [6.07, 6.45) is 0. The summed E-state index contributed by atoms with van der Waals surface area (Å²) in [5.41, 5.74) is 8.10. The second kappa shape index (κ2) is 6.41. The third-order valence-corrected chi connectivity index (χ3v) is 3.85. The van der Waals surface area contributed by atoms with Crippen molar-refractivity contribution in [3.05, 3.63) is 65.2 Å². The summed E-state index contributed by atoms with van der Waals surface area (Å²) in [5.74, 6) is -0.0708. The summed E-state index contributed by atoms with van der Waals surface area (Å²) < 4.78 is 0. The van der Waals surface area contributed by atoms with Gasteiger partial charge >= 0.3 is 5.97 Å². The van der Waals surface area contributed by atoms with Crippen LogP contribution in [-0.4, -0.2) is 11.1 Å². The molecular formula is C15H15NO2S. The van der Waals surface area contributed by atoms with Crippen LogP contribution < -0.4 is 5.73 Å². The lowest BCUT2D eigenvalue weighted by molar-refractivity contribution is 0.0697. The van der Waals surface area contributed by atoms with Gasteiger partial charge in [-0.2, -0.15) is 0 Å². The number of nitrogens with two attached hydrogens (primary N) is 1. The van der Waals surface area contributed by atoms with Crippen molar-refractivity contribution in [2.24, 2.45) is 5.73 Å². The van der Waals surface area contributed by atoms with Crippen molar-refractivity contribution in [1.82, 2.24) is 0 Å². The van der Waals surface area contributed by atoms with Crippen molar-refractivity contribution in [3.63, 3.8) is 0 Å². The van der Waals surface area contributed by atoms with E-state index in [0.717, 1.165) is 16.9 Å². The molecule has 19 heavy (non-hydrogen) atoms. The predicted octanol–water partition coefficient (Wildman–Crippen LogP) is 3.14. The molecule has 0 spiro atoms. The molecule has 0 bridgehead atoms. The van der Waals surface area contributed by atoms with Crippen LogP contribution in [0.25, 0.3) is 0 Å². The first-order valence-electron chi connectivity index (χ1n) is 5.93. The first-order valence-corrected chi connectivity index (χ1v) is 6.91. The molecule has 0 saturated carbocycles. The van der Waals surface area contributed by atoms with Crippen LogP contribution in [0.2, 0.25) is 0 Å². The number of carboxylic acids is 1. The molecule has 0 heterocycles. The minimum atomic E-state index is -0.892. The van der Waals surface area contributed by atoms with Crippen LogP contribution in [0.4, 0.5) is 0 Å². The fourth-order valence-electron chi connectivity index (χ4n) is 1.63. The summed E-state index contributed by atoms with van der Waals surface area (Å²) in [6, 6.07) is 15.1. The van der Waals surface area contributed by atoms with E-state index in [1.165, 1.54) is 4.90 Å². The largest absolute Gasteiger partial charge is 0.478 e. The Kier molecular flexibility index (Phi) is 4.60. The molecule has 0 aliphatic rings. The minimum Gasteiger partial charge on any atom is -0.478 e. The lowest BCUT2D eigenvalue weighted by Gasteiger charge is -2.04. The highest BCUT2D eigenvalue weighted by atomic mass is 32.2. The highest BCUT2D eigenvalue weighted by Crippen LogP contribution is 2.23. The smallest absolute Gasteiger partial charge is 0.335 e. The molecule has 2 aromatic rings. The monoisotopic (exact) mass is 273 g/mol. The van der Waals surface area contributed by atoms with Gasteiger partial charge in [0.25, 0.3) is 0 Å². The van der Waals surface area contributed by atoms with Crippen LogP contribution >= 0.6 is 11.8 Å². The van der Waals surface area contributed by atoms with Crippen molar-refractivity contribution in [2.45, 2.75) is 17.2 Å². The minimum absolute atomic E-state index is 0.320. The first-order chi connectivity index (χ1) is 9.19. The number of hydrogen-bond donors (Lipinski definition) is 2. The molecule has 2 aromatic carbocycles. The number of hydrogen-bond acceptors (Lipinski definition) is 3. The van der Waals surface area contributed by atoms with E-state index < -0.39 is 5.97 Å². The topological polar surface area (TPSA) is 63.3 Å². The van der Waals surface area contributed by atoms with E-state index in [9.17, 15) is 4.79 Å². The molecule has 0 aliphatic heterocycles. The number of benzene rings is 2. The van der Waals surface area contributed by atoms with Crippen molar-refractivity contribution in [1.29, 1.82) is 0 Å². The Balaban J connectivity index is 1.95. The van der Waals surface area contributed by atoms with Gasteiger partial charge in [-0.1, -0.05) is 24.3 Å². The standard InChI is InChI=1S/C15H15NO2S/c16-9-11-3-7-14(8-4-11)19-10-12-1-5-13(6-2-12)15(17)18/h1-8H,9-10,16H2,(H,17,18). The Labute approximate surface area is 116 Å². The molecule has 0 radical (unpaired) electrons. The third kappa shape index (κ3) is 3.84. The van der Waals surface area contributed by atoms with E-state index >= 15 is 0 Å². The van der Waals surface area contributed by atoms with Gasteiger partial charge in [-0.25, -0.2) is 4.79 Å². The summed E-state index contributed by atoms with van der Waals surface area (Å²) >= 11 is 1.72. The highest BCUT2D eigenvalue weighted by Gasteiger charge is 2.02. The van der Waals surface area contributed by atoms with E-state index in [-0.39, 0.29) is 0 Å². The zero-order chi connectivity index (χ0) is 13.7.